The summed E-state index contributed by atoms with van der Waals surface area (Å²) < 4.78 is 43.9. The van der Waals surface area contributed by atoms with Crippen LogP contribution in [0, 0.1) is 11.7 Å². The van der Waals surface area contributed by atoms with Crippen molar-refractivity contribution in [2.24, 2.45) is 5.92 Å². The molecule has 4 aromatic rings. The maximum Gasteiger partial charge on any atom is 0.243 e. The maximum absolute atomic E-state index is 14.3. The maximum atomic E-state index is 14.3. The average Bonchev–Trinajstić information content (AvgIpc) is 3.40. The summed E-state index contributed by atoms with van der Waals surface area (Å²) in [4.78, 5) is 13.1. The van der Waals surface area contributed by atoms with Gasteiger partial charge in [0, 0.05) is 37.1 Å². The highest BCUT2D eigenvalue weighted by Crippen LogP contribution is 2.28. The summed E-state index contributed by atoms with van der Waals surface area (Å²) in [5.41, 5.74) is 0.848. The van der Waals surface area contributed by atoms with Crippen LogP contribution in [-0.4, -0.2) is 36.3 Å². The van der Waals surface area contributed by atoms with E-state index in [1.165, 1.54) is 10.4 Å². The van der Waals surface area contributed by atoms with E-state index in [9.17, 15) is 17.6 Å². The zero-order chi connectivity index (χ0) is 23.7. The van der Waals surface area contributed by atoms with E-state index in [0.29, 0.717) is 12.8 Å². The van der Waals surface area contributed by atoms with Crippen LogP contribution in [0.2, 0.25) is 0 Å². The van der Waals surface area contributed by atoms with Crippen LogP contribution in [0.25, 0.3) is 16.5 Å². The molecule has 1 saturated heterocycles. The van der Waals surface area contributed by atoms with E-state index in [1.54, 1.807) is 30.3 Å². The summed E-state index contributed by atoms with van der Waals surface area (Å²) in [6.45, 7) is 0.471. The highest BCUT2D eigenvalue weighted by Gasteiger charge is 2.32. The van der Waals surface area contributed by atoms with Crippen LogP contribution in [0.1, 0.15) is 12.8 Å². The van der Waals surface area contributed by atoms with Gasteiger partial charge in [0.1, 0.15) is 5.82 Å². The first kappa shape index (κ1) is 22.3. The van der Waals surface area contributed by atoms with Crippen molar-refractivity contribution >= 4 is 32.4 Å². The summed E-state index contributed by atoms with van der Waals surface area (Å²) in [5.74, 6) is -1.20. The van der Waals surface area contributed by atoms with Crippen LogP contribution in [0.4, 0.5) is 10.1 Å². The Bertz CT molecular complexity index is 1440. The Balaban J connectivity index is 1.26. The van der Waals surface area contributed by atoms with Crippen LogP contribution in [0.3, 0.4) is 0 Å². The van der Waals surface area contributed by atoms with Gasteiger partial charge < -0.3 is 9.88 Å². The highest BCUT2D eigenvalue weighted by atomic mass is 32.2. The van der Waals surface area contributed by atoms with Crippen LogP contribution in [-0.2, 0) is 14.8 Å². The number of amides is 1. The summed E-state index contributed by atoms with van der Waals surface area (Å²) in [6.07, 6.45) is 4.42. The summed E-state index contributed by atoms with van der Waals surface area (Å²) in [5, 5.41) is 4.53. The lowest BCUT2D eigenvalue weighted by atomic mass is 9.97. The van der Waals surface area contributed by atoms with Gasteiger partial charge in [-0.25, -0.2) is 12.8 Å². The van der Waals surface area contributed by atoms with E-state index in [-0.39, 0.29) is 29.6 Å². The zero-order valence-electron chi connectivity index (χ0n) is 18.4. The second kappa shape index (κ2) is 9.04. The van der Waals surface area contributed by atoms with E-state index < -0.39 is 21.8 Å². The SMILES string of the molecule is O=C(Nc1cc(-n2cccc2)ccc1F)C1CCN(S(=O)(=O)c2ccc3ccccc3c2)CC1. The Morgan fingerprint density at radius 2 is 1.59 bits per heavy atom. The Morgan fingerprint density at radius 1 is 0.882 bits per heavy atom. The van der Waals surface area contributed by atoms with E-state index >= 15 is 0 Å². The average molecular weight is 478 g/mol. The van der Waals surface area contributed by atoms with Gasteiger partial charge in [0.15, 0.2) is 0 Å². The van der Waals surface area contributed by atoms with Crippen molar-refractivity contribution in [2.45, 2.75) is 17.7 Å². The molecule has 8 heteroatoms. The molecule has 0 saturated carbocycles. The third-order valence-corrected chi connectivity index (χ3v) is 8.19. The van der Waals surface area contributed by atoms with Gasteiger partial charge in [0.2, 0.25) is 15.9 Å². The normalized spacial score (nSPS) is 15.4. The predicted molar refractivity (Wildman–Crippen MR) is 130 cm³/mol. The molecule has 34 heavy (non-hydrogen) atoms. The van der Waals surface area contributed by atoms with Crippen LogP contribution < -0.4 is 5.32 Å². The van der Waals surface area contributed by atoms with E-state index in [0.717, 1.165) is 16.5 Å². The molecule has 1 N–H and O–H groups in total. The molecule has 0 aliphatic carbocycles. The molecule has 0 radical (unpaired) electrons. The molecule has 174 valence electrons. The van der Waals surface area contributed by atoms with Crippen molar-refractivity contribution in [2.75, 3.05) is 18.4 Å². The molecule has 1 amide bonds. The standard InChI is InChI=1S/C26H24FN3O3S/c27-24-10-8-22(29-13-3-4-14-29)18-25(24)28-26(31)20-11-15-30(16-12-20)34(32,33)23-9-7-19-5-1-2-6-21(19)17-23/h1-10,13-14,17-18,20H,11-12,15-16H2,(H,28,31). The van der Waals surface area contributed by atoms with Gasteiger partial charge in [0.05, 0.1) is 10.6 Å². The second-order valence-electron chi connectivity index (χ2n) is 8.43. The van der Waals surface area contributed by atoms with Crippen LogP contribution in [0.5, 0.6) is 0 Å². The monoisotopic (exact) mass is 477 g/mol. The number of nitrogens with one attached hydrogen (secondary N) is 1. The molecule has 1 aliphatic heterocycles. The molecule has 5 rings (SSSR count). The fourth-order valence-electron chi connectivity index (χ4n) is 4.35. The lowest BCUT2D eigenvalue weighted by Crippen LogP contribution is -2.41. The number of piperidine rings is 1. The van der Waals surface area contributed by atoms with Gasteiger partial charge in [-0.3, -0.25) is 4.79 Å². The molecular formula is C26H24FN3O3S. The minimum absolute atomic E-state index is 0.113. The Kier molecular flexibility index (Phi) is 5.93. The fraction of sp³-hybridized carbons (Fsp3) is 0.192. The number of halogens is 1. The van der Waals surface area contributed by atoms with Gasteiger partial charge in [-0.2, -0.15) is 4.31 Å². The number of fused-ring (bicyclic) bond motifs is 1. The molecule has 1 fully saturated rings. The van der Waals surface area contributed by atoms with Gasteiger partial charge in [-0.15, -0.1) is 0 Å². The van der Waals surface area contributed by atoms with Gasteiger partial charge >= 0.3 is 0 Å². The van der Waals surface area contributed by atoms with Crippen molar-refractivity contribution in [3.05, 3.63) is 91.0 Å². The zero-order valence-corrected chi connectivity index (χ0v) is 19.2. The number of nitrogens with zero attached hydrogens (tertiary/aromatic N) is 2. The molecule has 1 aromatic heterocycles. The smallest absolute Gasteiger partial charge is 0.243 e. The second-order valence-corrected chi connectivity index (χ2v) is 10.4. The first-order valence-electron chi connectivity index (χ1n) is 11.1. The summed E-state index contributed by atoms with van der Waals surface area (Å²) in [7, 11) is -3.66. The molecule has 3 aromatic carbocycles. The molecule has 6 nitrogen and oxygen atoms in total. The number of anilines is 1. The van der Waals surface area contributed by atoms with Crippen molar-refractivity contribution in [1.82, 2.24) is 8.87 Å². The van der Waals surface area contributed by atoms with Gasteiger partial charge in [0.25, 0.3) is 0 Å². The summed E-state index contributed by atoms with van der Waals surface area (Å²) in [6, 6.07) is 21.0. The lowest BCUT2D eigenvalue weighted by molar-refractivity contribution is -0.120. The molecule has 0 unspecified atom stereocenters. The van der Waals surface area contributed by atoms with Crippen molar-refractivity contribution < 1.29 is 17.6 Å². The van der Waals surface area contributed by atoms with E-state index in [2.05, 4.69) is 5.32 Å². The van der Waals surface area contributed by atoms with Gasteiger partial charge in [-0.05, 0) is 66.1 Å². The Hall–Kier alpha value is -3.49. The fourth-order valence-corrected chi connectivity index (χ4v) is 5.85. The molecule has 1 aliphatic rings. The molecule has 0 spiro atoms. The lowest BCUT2D eigenvalue weighted by Gasteiger charge is -2.30. The Morgan fingerprint density at radius 3 is 2.32 bits per heavy atom. The number of hydrogen-bond acceptors (Lipinski definition) is 3. The minimum Gasteiger partial charge on any atom is -0.324 e. The summed E-state index contributed by atoms with van der Waals surface area (Å²) >= 11 is 0. The van der Waals surface area contributed by atoms with Crippen LogP contribution >= 0.6 is 0 Å². The van der Waals surface area contributed by atoms with Crippen molar-refractivity contribution in [3.63, 3.8) is 0 Å². The minimum atomic E-state index is -3.66. The number of benzene rings is 3. The van der Waals surface area contributed by atoms with Gasteiger partial charge in [-0.1, -0.05) is 30.3 Å². The number of carbonyl (C=O) groups is 1. The predicted octanol–water partition coefficient (Wildman–Crippen LogP) is 4.81. The molecule has 2 heterocycles. The third-order valence-electron chi connectivity index (χ3n) is 6.29. The molecular weight excluding hydrogens is 453 g/mol. The van der Waals surface area contributed by atoms with Crippen molar-refractivity contribution in [3.8, 4) is 5.69 Å². The number of rotatable bonds is 5. The first-order chi connectivity index (χ1) is 16.4. The quantitative estimate of drug-likeness (QED) is 0.449. The number of hydrogen-bond donors (Lipinski definition) is 1. The first-order valence-corrected chi connectivity index (χ1v) is 12.6. The number of sulfonamides is 1. The topological polar surface area (TPSA) is 71.4 Å². The van der Waals surface area contributed by atoms with E-state index in [1.807, 2.05) is 53.4 Å². The Labute approximate surface area is 197 Å². The number of carbonyl (C=O) groups excluding carboxylic acids is 1. The molecule has 0 bridgehead atoms. The third kappa shape index (κ3) is 4.34. The largest absolute Gasteiger partial charge is 0.324 e. The van der Waals surface area contributed by atoms with Crippen molar-refractivity contribution in [1.29, 1.82) is 0 Å². The van der Waals surface area contributed by atoms with Crippen LogP contribution in [0.15, 0.2) is 90.1 Å². The van der Waals surface area contributed by atoms with E-state index in [4.69, 9.17) is 0 Å². The highest BCUT2D eigenvalue weighted by molar-refractivity contribution is 7.89. The molecule has 0 atom stereocenters. The number of aromatic nitrogens is 1.